The van der Waals surface area contributed by atoms with Gasteiger partial charge in [0.1, 0.15) is 5.82 Å². The van der Waals surface area contributed by atoms with Crippen LogP contribution in [0.5, 0.6) is 0 Å². The second-order valence-electron chi connectivity index (χ2n) is 20.4. The van der Waals surface area contributed by atoms with E-state index in [0.29, 0.717) is 12.1 Å². The Morgan fingerprint density at radius 1 is 0.889 bits per heavy atom. The van der Waals surface area contributed by atoms with Gasteiger partial charge in [-0.1, -0.05) is 119 Å². The fourth-order valence-electron chi connectivity index (χ4n) is 12.2. The molecule has 7 aromatic rings. The van der Waals surface area contributed by atoms with Crippen molar-refractivity contribution < 1.29 is 0 Å². The molecule has 370 valence electrons. The van der Waals surface area contributed by atoms with Crippen molar-refractivity contribution in [2.75, 3.05) is 28.6 Å². The van der Waals surface area contributed by atoms with E-state index in [1.54, 1.807) is 17.5 Å². The number of fused-ring (bicyclic) bond motifs is 5. The van der Waals surface area contributed by atoms with Gasteiger partial charge in [-0.2, -0.15) is 5.10 Å². The van der Waals surface area contributed by atoms with E-state index in [2.05, 4.69) is 157 Å². The minimum absolute atomic E-state index is 0.125. The summed E-state index contributed by atoms with van der Waals surface area (Å²) < 4.78 is 3.16. The van der Waals surface area contributed by atoms with Crippen LogP contribution in [0.4, 0.5) is 16.6 Å². The van der Waals surface area contributed by atoms with E-state index in [4.69, 9.17) is 15.1 Å². The highest BCUT2D eigenvalue weighted by Gasteiger charge is 2.40. The van der Waals surface area contributed by atoms with Gasteiger partial charge >= 0.3 is 0 Å². The van der Waals surface area contributed by atoms with E-state index in [-0.39, 0.29) is 5.92 Å². The lowest BCUT2D eigenvalue weighted by Gasteiger charge is -2.39. The van der Waals surface area contributed by atoms with Crippen LogP contribution in [0, 0.1) is 12.8 Å². The largest absolute Gasteiger partial charge is 0.366 e. The fourth-order valence-corrected chi connectivity index (χ4v) is 13.1. The molecule has 6 heterocycles. The predicted octanol–water partition coefficient (Wildman–Crippen LogP) is 14.6. The number of aryl methyl sites for hydroxylation is 2. The van der Waals surface area contributed by atoms with Crippen LogP contribution in [0.1, 0.15) is 110 Å². The van der Waals surface area contributed by atoms with Gasteiger partial charge in [0.25, 0.3) is 0 Å². The first-order valence-electron chi connectivity index (χ1n) is 26.2. The number of allylic oxidation sites excluding steroid dienone is 1. The molecule has 2 bridgehead atoms. The quantitative estimate of drug-likeness (QED) is 0.0614. The molecule has 0 amide bonds. The maximum Gasteiger partial charge on any atom is 0.188 e. The summed E-state index contributed by atoms with van der Waals surface area (Å²) in [5.41, 5.74) is 17.0. The van der Waals surface area contributed by atoms with E-state index in [1.807, 2.05) is 23.9 Å². The molecule has 0 saturated carbocycles. The average Bonchev–Trinajstić information content (AvgIpc) is 4.02. The lowest BCUT2D eigenvalue weighted by molar-refractivity contribution is 0.110. The number of hydrogen-bond donors (Lipinski definition) is 3. The molecule has 3 N–H and O–H groups in total. The number of unbranched alkanes of at least 4 members (excludes halogenated alkanes) is 1. The minimum atomic E-state index is 0.125. The molecule has 2 saturated heterocycles. The summed E-state index contributed by atoms with van der Waals surface area (Å²) in [5, 5.41) is 17.4. The second kappa shape index (κ2) is 21.5. The maximum atomic E-state index is 5.26. The molecule has 0 spiro atoms. The number of anilines is 3. The standard InChI is InChI=1S/C62H71N9S/c1-9-18-52(42(6)63-11-3)61-54-30-27-47(37-58(54)69(8)68-61)64-40(4)38-71-48-28-29-49(71)36-44(35-48)19-12-13-20-45-21-16-23-50(41(45)5)53-31-32-60(66-56(53)10-2)70-34-33-46-22-17-24-51(55(46)39-70)43(7)65-62-67-57-25-14-15-26-59(57)72-62/h10-11,14-17,21-27,30-32,37,44,48-49,52,63-64H,2-4,6-7,9,12-13,18-20,28-29,33-36,38-39H2,1,5,8H3,(H,65,67). The number of para-hydroxylation sites is 1. The van der Waals surface area contributed by atoms with Crippen molar-refractivity contribution in [2.45, 2.75) is 109 Å². The van der Waals surface area contributed by atoms with Crippen LogP contribution >= 0.6 is 11.3 Å². The normalized spacial score (nSPS) is 17.9. The third-order valence-electron chi connectivity index (χ3n) is 15.8. The Kier molecular flexibility index (Phi) is 14.6. The molecule has 9 nitrogen and oxygen atoms in total. The van der Waals surface area contributed by atoms with E-state index in [0.717, 1.165) is 129 Å². The number of benzene rings is 4. The second-order valence-corrected chi connectivity index (χ2v) is 21.5. The third-order valence-corrected chi connectivity index (χ3v) is 16.7. The number of hydrogen-bond acceptors (Lipinski definition) is 9. The lowest BCUT2D eigenvalue weighted by atomic mass is 9.86. The van der Waals surface area contributed by atoms with Gasteiger partial charge in [0.05, 0.1) is 27.1 Å². The molecule has 10 rings (SSSR count). The van der Waals surface area contributed by atoms with E-state index < -0.39 is 0 Å². The zero-order valence-electron chi connectivity index (χ0n) is 42.7. The molecule has 72 heavy (non-hydrogen) atoms. The number of thiazole rings is 1. The van der Waals surface area contributed by atoms with Crippen molar-refractivity contribution in [1.82, 2.24) is 30.0 Å². The SMILES string of the molecule is C=CNC(=C)C(CCC)c1nn(C)c2cc(NC(=C)CN3C4CCC3CC(CCCCc3cccc(-c5ccc(N6CCc7cccc(C(=C)Nc8nc9ccccc9s8)c7C6)nc5C=C)c3C)C4)ccc12. The molecular weight excluding hydrogens is 903 g/mol. The van der Waals surface area contributed by atoms with Crippen LogP contribution in [-0.2, 0) is 26.4 Å². The van der Waals surface area contributed by atoms with Crippen molar-refractivity contribution in [3.05, 3.63) is 181 Å². The molecule has 3 atom stereocenters. The van der Waals surface area contributed by atoms with Crippen LogP contribution in [0.2, 0.25) is 0 Å². The van der Waals surface area contributed by atoms with Gasteiger partial charge in [-0.15, -0.1) is 0 Å². The zero-order chi connectivity index (χ0) is 49.9. The Labute approximate surface area is 431 Å². The Morgan fingerprint density at radius 2 is 1.71 bits per heavy atom. The summed E-state index contributed by atoms with van der Waals surface area (Å²) in [7, 11) is 2.03. The molecule has 3 aliphatic rings. The summed E-state index contributed by atoms with van der Waals surface area (Å²) in [5.74, 6) is 1.89. The van der Waals surface area contributed by atoms with Gasteiger partial charge in [-0.05, 0) is 147 Å². The van der Waals surface area contributed by atoms with Crippen LogP contribution in [-0.4, -0.2) is 49.8 Å². The van der Waals surface area contributed by atoms with Gasteiger partial charge in [0.2, 0.25) is 0 Å². The van der Waals surface area contributed by atoms with E-state index in [1.165, 1.54) is 72.8 Å². The average molecular weight is 974 g/mol. The highest BCUT2D eigenvalue weighted by atomic mass is 32.1. The number of piperidine rings is 1. The number of nitrogens with zero attached hydrogens (tertiary/aromatic N) is 6. The van der Waals surface area contributed by atoms with Crippen LogP contribution in [0.3, 0.4) is 0 Å². The molecule has 4 aromatic carbocycles. The van der Waals surface area contributed by atoms with Crippen LogP contribution in [0.15, 0.2) is 141 Å². The van der Waals surface area contributed by atoms with Crippen molar-refractivity contribution in [3.8, 4) is 11.1 Å². The first-order valence-corrected chi connectivity index (χ1v) is 27.0. The molecule has 2 fully saturated rings. The maximum absolute atomic E-state index is 5.26. The zero-order valence-corrected chi connectivity index (χ0v) is 43.5. The summed E-state index contributed by atoms with van der Waals surface area (Å²) in [6.45, 7) is 28.4. The summed E-state index contributed by atoms with van der Waals surface area (Å²) in [4.78, 5) is 15.2. The number of aromatic nitrogens is 4. The first kappa shape index (κ1) is 48.9. The molecule has 3 aromatic heterocycles. The third kappa shape index (κ3) is 10.2. The molecular formula is C62H71N9S. The van der Waals surface area contributed by atoms with Crippen LogP contribution < -0.4 is 20.9 Å². The number of pyridine rings is 1. The van der Waals surface area contributed by atoms with E-state index in [9.17, 15) is 0 Å². The molecule has 3 aliphatic heterocycles. The molecule has 0 aliphatic carbocycles. The molecule has 10 heteroatoms. The van der Waals surface area contributed by atoms with E-state index >= 15 is 0 Å². The predicted molar refractivity (Wildman–Crippen MR) is 305 cm³/mol. The summed E-state index contributed by atoms with van der Waals surface area (Å²) in [6.07, 6.45) is 16.6. The topological polar surface area (TPSA) is 86.2 Å². The van der Waals surface area contributed by atoms with Crippen molar-refractivity contribution >= 4 is 60.9 Å². The molecule has 3 unspecified atom stereocenters. The van der Waals surface area contributed by atoms with Crippen molar-refractivity contribution in [1.29, 1.82) is 0 Å². The Morgan fingerprint density at radius 3 is 2.50 bits per heavy atom. The lowest BCUT2D eigenvalue weighted by Crippen LogP contribution is -2.44. The number of rotatable bonds is 21. The smallest absolute Gasteiger partial charge is 0.188 e. The van der Waals surface area contributed by atoms with Gasteiger partial charge < -0.3 is 20.9 Å². The first-order chi connectivity index (χ1) is 35.1. The van der Waals surface area contributed by atoms with Gasteiger partial charge in [-0.25, -0.2) is 9.97 Å². The summed E-state index contributed by atoms with van der Waals surface area (Å²) >= 11 is 1.65. The Balaban J connectivity index is 0.720. The highest BCUT2D eigenvalue weighted by Crippen LogP contribution is 2.42. The van der Waals surface area contributed by atoms with Gasteiger partial charge in [-0.3, -0.25) is 9.58 Å². The molecule has 0 radical (unpaired) electrons. The van der Waals surface area contributed by atoms with Crippen LogP contribution in [0.25, 0.3) is 44.0 Å². The van der Waals surface area contributed by atoms with Gasteiger partial charge in [0, 0.05) is 84.0 Å². The fraction of sp³-hybridized carbons (Fsp3) is 0.339. The Bertz CT molecular complexity index is 3130. The Hall–Kier alpha value is -6.75. The monoisotopic (exact) mass is 974 g/mol. The minimum Gasteiger partial charge on any atom is -0.366 e. The van der Waals surface area contributed by atoms with Gasteiger partial charge in [0.15, 0.2) is 5.13 Å². The number of nitrogens with one attached hydrogen (secondary N) is 3. The van der Waals surface area contributed by atoms with Crippen molar-refractivity contribution in [2.24, 2.45) is 13.0 Å². The summed E-state index contributed by atoms with van der Waals surface area (Å²) in [6, 6.07) is 33.9. The van der Waals surface area contributed by atoms with Crippen molar-refractivity contribution in [3.63, 3.8) is 0 Å². The highest BCUT2D eigenvalue weighted by molar-refractivity contribution is 7.22.